The Balaban J connectivity index is 2.22. The molecule has 0 radical (unpaired) electrons. The first-order chi connectivity index (χ1) is 13.0. The van der Waals surface area contributed by atoms with E-state index in [0.717, 1.165) is 39.1 Å². The predicted molar refractivity (Wildman–Crippen MR) is 107 cm³/mol. The standard InChI is InChI=1S/C21H20N4O2/c1-12-18(13(2)27-24-12)20-19(21(22)23-3)16-6-4-5-7-17(16)25(20)14-8-10-15(26)11-9-14/h4-11,26H,1-3H3,(H2,22,23). The number of fused-ring (bicyclic) bond motifs is 1. The molecule has 6 nitrogen and oxygen atoms in total. The van der Waals surface area contributed by atoms with Crippen LogP contribution < -0.4 is 5.73 Å². The molecule has 4 aromatic rings. The van der Waals surface area contributed by atoms with E-state index in [1.54, 1.807) is 19.2 Å². The molecule has 2 heterocycles. The molecule has 0 saturated carbocycles. The van der Waals surface area contributed by atoms with Crippen molar-refractivity contribution in [2.45, 2.75) is 13.8 Å². The lowest BCUT2D eigenvalue weighted by atomic mass is 10.0. The molecule has 0 aliphatic carbocycles. The fourth-order valence-corrected chi connectivity index (χ4v) is 3.54. The monoisotopic (exact) mass is 360 g/mol. The molecule has 0 spiro atoms. The minimum absolute atomic E-state index is 0.212. The van der Waals surface area contributed by atoms with Crippen molar-refractivity contribution in [1.29, 1.82) is 0 Å². The van der Waals surface area contributed by atoms with Gasteiger partial charge >= 0.3 is 0 Å². The predicted octanol–water partition coefficient (Wildman–Crippen LogP) is 3.94. The quantitative estimate of drug-likeness (QED) is 0.428. The van der Waals surface area contributed by atoms with Gasteiger partial charge in [0.25, 0.3) is 0 Å². The highest BCUT2D eigenvalue weighted by molar-refractivity contribution is 6.15. The molecule has 0 aliphatic rings. The van der Waals surface area contributed by atoms with E-state index in [-0.39, 0.29) is 5.75 Å². The molecule has 0 atom stereocenters. The molecule has 2 aromatic heterocycles. The van der Waals surface area contributed by atoms with Gasteiger partial charge in [0.2, 0.25) is 0 Å². The van der Waals surface area contributed by atoms with Crippen molar-refractivity contribution in [2.75, 3.05) is 7.05 Å². The van der Waals surface area contributed by atoms with E-state index in [2.05, 4.69) is 14.7 Å². The summed E-state index contributed by atoms with van der Waals surface area (Å²) in [5, 5.41) is 14.8. The van der Waals surface area contributed by atoms with Gasteiger partial charge in [0.15, 0.2) is 0 Å². The first kappa shape index (κ1) is 16.9. The Kier molecular flexibility index (Phi) is 3.96. The molecule has 0 fully saturated rings. The van der Waals surface area contributed by atoms with Gasteiger partial charge in [0.1, 0.15) is 17.3 Å². The van der Waals surface area contributed by atoms with Gasteiger partial charge in [-0.2, -0.15) is 0 Å². The summed E-state index contributed by atoms with van der Waals surface area (Å²) in [6, 6.07) is 15.1. The number of phenols is 1. The molecule has 27 heavy (non-hydrogen) atoms. The Labute approximate surface area is 156 Å². The molecule has 0 amide bonds. The Hall–Kier alpha value is -3.54. The zero-order chi connectivity index (χ0) is 19.1. The third-order valence-corrected chi connectivity index (χ3v) is 4.75. The molecule has 0 saturated heterocycles. The zero-order valence-corrected chi connectivity index (χ0v) is 15.4. The maximum absolute atomic E-state index is 9.72. The number of benzene rings is 2. The SMILES string of the molecule is CN=C(N)c1c(-c2c(C)noc2C)n(-c2ccc(O)cc2)c2ccccc12. The number of amidine groups is 1. The Bertz CT molecular complexity index is 1150. The summed E-state index contributed by atoms with van der Waals surface area (Å²) < 4.78 is 7.55. The van der Waals surface area contributed by atoms with Gasteiger partial charge in [0, 0.05) is 18.1 Å². The topological polar surface area (TPSA) is 89.6 Å². The number of para-hydroxylation sites is 1. The van der Waals surface area contributed by atoms with E-state index < -0.39 is 0 Å². The summed E-state index contributed by atoms with van der Waals surface area (Å²) >= 11 is 0. The lowest BCUT2D eigenvalue weighted by Crippen LogP contribution is -2.14. The van der Waals surface area contributed by atoms with Crippen molar-refractivity contribution in [3.63, 3.8) is 0 Å². The zero-order valence-electron chi connectivity index (χ0n) is 15.4. The lowest BCUT2D eigenvalue weighted by Gasteiger charge is -2.12. The smallest absolute Gasteiger partial charge is 0.143 e. The van der Waals surface area contributed by atoms with Gasteiger partial charge in [-0.1, -0.05) is 23.4 Å². The van der Waals surface area contributed by atoms with Crippen LogP contribution in [0.5, 0.6) is 5.75 Å². The van der Waals surface area contributed by atoms with Gasteiger partial charge in [-0.15, -0.1) is 0 Å². The van der Waals surface area contributed by atoms with Crippen molar-refractivity contribution in [2.24, 2.45) is 10.7 Å². The average molecular weight is 360 g/mol. The normalized spacial score (nSPS) is 12.0. The van der Waals surface area contributed by atoms with Gasteiger partial charge in [0.05, 0.1) is 28.0 Å². The summed E-state index contributed by atoms with van der Waals surface area (Å²) in [5.41, 5.74) is 11.6. The third kappa shape index (κ3) is 2.57. The highest BCUT2D eigenvalue weighted by atomic mass is 16.5. The van der Waals surface area contributed by atoms with E-state index in [0.29, 0.717) is 11.6 Å². The van der Waals surface area contributed by atoms with Crippen LogP contribution in [0.2, 0.25) is 0 Å². The molecule has 0 bridgehead atoms. The second-order valence-corrected chi connectivity index (χ2v) is 6.40. The third-order valence-electron chi connectivity index (χ3n) is 4.75. The lowest BCUT2D eigenvalue weighted by molar-refractivity contribution is 0.393. The maximum atomic E-state index is 9.72. The number of rotatable bonds is 3. The summed E-state index contributed by atoms with van der Waals surface area (Å²) in [5.74, 6) is 1.36. The van der Waals surface area contributed by atoms with E-state index in [4.69, 9.17) is 10.3 Å². The highest BCUT2D eigenvalue weighted by Crippen LogP contribution is 2.39. The second kappa shape index (κ2) is 6.32. The van der Waals surface area contributed by atoms with Gasteiger partial charge in [-0.3, -0.25) is 4.99 Å². The summed E-state index contributed by atoms with van der Waals surface area (Å²) in [7, 11) is 1.68. The number of nitrogens with zero attached hydrogens (tertiary/aromatic N) is 3. The summed E-state index contributed by atoms with van der Waals surface area (Å²) in [4.78, 5) is 4.25. The van der Waals surface area contributed by atoms with Crippen LogP contribution in [-0.2, 0) is 0 Å². The molecule has 0 unspecified atom stereocenters. The van der Waals surface area contributed by atoms with Crippen LogP contribution in [0.4, 0.5) is 0 Å². The fourth-order valence-electron chi connectivity index (χ4n) is 3.54. The number of aryl methyl sites for hydroxylation is 2. The van der Waals surface area contributed by atoms with Crippen LogP contribution in [-0.4, -0.2) is 27.7 Å². The number of aromatic hydroxyl groups is 1. The maximum Gasteiger partial charge on any atom is 0.143 e. The Morgan fingerprint density at radius 3 is 2.44 bits per heavy atom. The van der Waals surface area contributed by atoms with E-state index in [1.165, 1.54) is 0 Å². The van der Waals surface area contributed by atoms with E-state index >= 15 is 0 Å². The number of aromatic nitrogens is 2. The molecule has 136 valence electrons. The van der Waals surface area contributed by atoms with E-state index in [9.17, 15) is 5.11 Å². The van der Waals surface area contributed by atoms with Crippen molar-refractivity contribution in [3.05, 3.63) is 65.5 Å². The van der Waals surface area contributed by atoms with Gasteiger partial charge < -0.3 is 19.9 Å². The minimum atomic E-state index is 0.212. The fraction of sp³-hybridized carbons (Fsp3) is 0.143. The molecule has 0 aliphatic heterocycles. The molecule has 3 N–H and O–H groups in total. The van der Waals surface area contributed by atoms with Crippen LogP contribution >= 0.6 is 0 Å². The van der Waals surface area contributed by atoms with Crippen molar-refractivity contribution >= 4 is 16.7 Å². The van der Waals surface area contributed by atoms with Crippen LogP contribution in [0.3, 0.4) is 0 Å². The molecule has 4 rings (SSSR count). The first-order valence-corrected chi connectivity index (χ1v) is 8.61. The number of nitrogens with two attached hydrogens (primary N) is 1. The number of phenolic OH excluding ortho intramolecular Hbond substituents is 1. The molecular weight excluding hydrogens is 340 g/mol. The number of hydrogen-bond acceptors (Lipinski definition) is 4. The average Bonchev–Trinajstić information content (AvgIpc) is 3.18. The number of aliphatic imine (C=N–C) groups is 1. The van der Waals surface area contributed by atoms with Gasteiger partial charge in [-0.05, 0) is 44.2 Å². The summed E-state index contributed by atoms with van der Waals surface area (Å²) in [6.45, 7) is 3.80. The largest absolute Gasteiger partial charge is 0.508 e. The van der Waals surface area contributed by atoms with Crippen LogP contribution in [0, 0.1) is 13.8 Å². The second-order valence-electron chi connectivity index (χ2n) is 6.40. The van der Waals surface area contributed by atoms with Crippen LogP contribution in [0.15, 0.2) is 58.0 Å². The molecular formula is C21H20N4O2. The highest BCUT2D eigenvalue weighted by Gasteiger charge is 2.26. The van der Waals surface area contributed by atoms with Crippen molar-refractivity contribution < 1.29 is 9.63 Å². The van der Waals surface area contributed by atoms with Crippen LogP contribution in [0.1, 0.15) is 17.0 Å². The summed E-state index contributed by atoms with van der Waals surface area (Å²) in [6.07, 6.45) is 0. The Morgan fingerprint density at radius 2 is 1.81 bits per heavy atom. The minimum Gasteiger partial charge on any atom is -0.508 e. The molecule has 6 heteroatoms. The van der Waals surface area contributed by atoms with Crippen LogP contribution in [0.25, 0.3) is 27.8 Å². The van der Waals surface area contributed by atoms with Crippen molar-refractivity contribution in [3.8, 4) is 22.7 Å². The number of hydrogen-bond donors (Lipinski definition) is 2. The van der Waals surface area contributed by atoms with E-state index in [1.807, 2.05) is 50.2 Å². The van der Waals surface area contributed by atoms with Gasteiger partial charge in [-0.25, -0.2) is 0 Å². The first-order valence-electron chi connectivity index (χ1n) is 8.61. The molecule has 2 aromatic carbocycles. The van der Waals surface area contributed by atoms with Crippen molar-refractivity contribution in [1.82, 2.24) is 9.72 Å². The Morgan fingerprint density at radius 1 is 1.11 bits per heavy atom.